The van der Waals surface area contributed by atoms with Gasteiger partial charge in [-0.25, -0.2) is 0 Å². The van der Waals surface area contributed by atoms with Crippen LogP contribution in [0.4, 0.5) is 0 Å². The molecule has 2 heterocycles. The second kappa shape index (κ2) is 4.91. The highest BCUT2D eigenvalue weighted by Crippen LogP contribution is 2.18. The Labute approximate surface area is 99.6 Å². The maximum absolute atomic E-state index is 12.0. The van der Waals surface area contributed by atoms with Crippen molar-refractivity contribution < 1.29 is 4.79 Å². The van der Waals surface area contributed by atoms with Gasteiger partial charge < -0.3 is 5.32 Å². The molecule has 0 spiro atoms. The van der Waals surface area contributed by atoms with Gasteiger partial charge >= 0.3 is 0 Å². The fourth-order valence-corrected chi connectivity index (χ4v) is 3.09. The predicted molar refractivity (Wildman–Crippen MR) is 65.9 cm³/mol. The molecule has 0 atom stereocenters. The molecule has 2 rings (SSSR count). The van der Waals surface area contributed by atoms with Crippen LogP contribution in [0.1, 0.15) is 34.6 Å². The van der Waals surface area contributed by atoms with Crippen molar-refractivity contribution in [3.63, 3.8) is 0 Å². The minimum atomic E-state index is 0.0145. The van der Waals surface area contributed by atoms with Crippen LogP contribution >= 0.6 is 11.8 Å². The van der Waals surface area contributed by atoms with E-state index < -0.39 is 0 Å². The highest BCUT2D eigenvalue weighted by molar-refractivity contribution is 7.99. The van der Waals surface area contributed by atoms with Crippen LogP contribution in [-0.2, 0) is 0 Å². The Morgan fingerprint density at radius 3 is 2.69 bits per heavy atom. The number of nitrogens with zero attached hydrogens (tertiary/aromatic N) is 1. The Hall–Kier alpha value is -0.970. The van der Waals surface area contributed by atoms with Gasteiger partial charge in [-0.3, -0.25) is 9.89 Å². The molecule has 0 radical (unpaired) electrons. The van der Waals surface area contributed by atoms with Crippen LogP contribution in [0, 0.1) is 13.8 Å². The SMILES string of the molecule is Cc1n[nH]c(C)c1C(=O)NC1CCSCC1. The number of amides is 1. The summed E-state index contributed by atoms with van der Waals surface area (Å²) in [6.07, 6.45) is 2.15. The molecule has 1 amide bonds. The maximum atomic E-state index is 12.0. The summed E-state index contributed by atoms with van der Waals surface area (Å²) in [6, 6.07) is 0.336. The Morgan fingerprint density at radius 2 is 2.12 bits per heavy atom. The summed E-state index contributed by atoms with van der Waals surface area (Å²) in [4.78, 5) is 12.0. The van der Waals surface area contributed by atoms with Crippen molar-refractivity contribution in [2.75, 3.05) is 11.5 Å². The van der Waals surface area contributed by atoms with Crippen molar-refractivity contribution in [3.05, 3.63) is 17.0 Å². The number of thioether (sulfide) groups is 1. The molecule has 16 heavy (non-hydrogen) atoms. The van der Waals surface area contributed by atoms with Crippen LogP contribution < -0.4 is 5.32 Å². The Bertz CT molecular complexity index is 363. The molecule has 0 saturated carbocycles. The first-order valence-corrected chi connectivity index (χ1v) is 6.74. The second-order valence-corrected chi connectivity index (χ2v) is 5.39. The molecule has 0 aromatic carbocycles. The third-order valence-corrected chi connectivity index (χ3v) is 3.96. The molecule has 1 aliphatic heterocycles. The predicted octanol–water partition coefficient (Wildman–Crippen LogP) is 1.65. The topological polar surface area (TPSA) is 57.8 Å². The Balaban J connectivity index is 2.02. The first-order valence-electron chi connectivity index (χ1n) is 5.58. The highest BCUT2D eigenvalue weighted by atomic mass is 32.2. The number of rotatable bonds is 2. The summed E-state index contributed by atoms with van der Waals surface area (Å²) >= 11 is 1.96. The summed E-state index contributed by atoms with van der Waals surface area (Å²) in [7, 11) is 0. The molecule has 5 heteroatoms. The molecule has 0 unspecified atom stereocenters. The smallest absolute Gasteiger partial charge is 0.255 e. The fraction of sp³-hybridized carbons (Fsp3) is 0.636. The highest BCUT2D eigenvalue weighted by Gasteiger charge is 2.20. The minimum absolute atomic E-state index is 0.0145. The van der Waals surface area contributed by atoms with Crippen LogP contribution in [0.5, 0.6) is 0 Å². The molecule has 1 saturated heterocycles. The number of carbonyl (C=O) groups excluding carboxylic acids is 1. The lowest BCUT2D eigenvalue weighted by Gasteiger charge is -2.22. The van der Waals surface area contributed by atoms with Gasteiger partial charge in [0, 0.05) is 11.7 Å². The van der Waals surface area contributed by atoms with Gasteiger partial charge in [-0.05, 0) is 38.2 Å². The minimum Gasteiger partial charge on any atom is -0.349 e. The van der Waals surface area contributed by atoms with E-state index >= 15 is 0 Å². The summed E-state index contributed by atoms with van der Waals surface area (Å²) in [5.41, 5.74) is 2.33. The summed E-state index contributed by atoms with van der Waals surface area (Å²) < 4.78 is 0. The quantitative estimate of drug-likeness (QED) is 0.825. The molecule has 2 N–H and O–H groups in total. The standard InChI is InChI=1S/C11H17N3OS/c1-7-10(8(2)14-13-7)11(15)12-9-3-5-16-6-4-9/h9H,3-6H2,1-2H3,(H,12,15)(H,13,14). The van der Waals surface area contributed by atoms with Gasteiger partial charge in [-0.1, -0.05) is 0 Å². The van der Waals surface area contributed by atoms with Crippen molar-refractivity contribution in [3.8, 4) is 0 Å². The zero-order chi connectivity index (χ0) is 11.5. The average molecular weight is 239 g/mol. The van der Waals surface area contributed by atoms with E-state index in [2.05, 4.69) is 15.5 Å². The van der Waals surface area contributed by atoms with E-state index in [9.17, 15) is 4.79 Å². The van der Waals surface area contributed by atoms with Gasteiger partial charge in [0.1, 0.15) is 0 Å². The number of aromatic amines is 1. The number of aromatic nitrogens is 2. The van der Waals surface area contributed by atoms with E-state index in [-0.39, 0.29) is 5.91 Å². The van der Waals surface area contributed by atoms with Crippen molar-refractivity contribution >= 4 is 17.7 Å². The number of aryl methyl sites for hydroxylation is 2. The Morgan fingerprint density at radius 1 is 1.44 bits per heavy atom. The lowest BCUT2D eigenvalue weighted by Crippen LogP contribution is -2.37. The van der Waals surface area contributed by atoms with Crippen LogP contribution in [0.3, 0.4) is 0 Å². The van der Waals surface area contributed by atoms with Gasteiger partial charge in [0.2, 0.25) is 0 Å². The van der Waals surface area contributed by atoms with Crippen LogP contribution in [0.15, 0.2) is 0 Å². The molecule has 0 aliphatic carbocycles. The van der Waals surface area contributed by atoms with E-state index in [1.54, 1.807) is 0 Å². The molecular formula is C11H17N3OS. The van der Waals surface area contributed by atoms with Crippen LogP contribution in [0.25, 0.3) is 0 Å². The van der Waals surface area contributed by atoms with Crippen LogP contribution in [-0.4, -0.2) is 33.7 Å². The lowest BCUT2D eigenvalue weighted by atomic mass is 10.1. The largest absolute Gasteiger partial charge is 0.349 e. The molecule has 0 bridgehead atoms. The molecule has 1 fully saturated rings. The maximum Gasteiger partial charge on any atom is 0.255 e. The number of nitrogens with one attached hydrogen (secondary N) is 2. The van der Waals surface area contributed by atoms with E-state index in [1.807, 2.05) is 25.6 Å². The van der Waals surface area contributed by atoms with E-state index in [1.165, 1.54) is 0 Å². The number of H-pyrrole nitrogens is 1. The van der Waals surface area contributed by atoms with E-state index in [0.29, 0.717) is 11.6 Å². The average Bonchev–Trinajstić information content (AvgIpc) is 2.60. The number of carbonyl (C=O) groups is 1. The van der Waals surface area contributed by atoms with Gasteiger partial charge in [0.25, 0.3) is 5.91 Å². The zero-order valence-corrected chi connectivity index (χ0v) is 10.5. The molecule has 1 aliphatic rings. The lowest BCUT2D eigenvalue weighted by molar-refractivity contribution is 0.0933. The van der Waals surface area contributed by atoms with E-state index in [0.717, 1.165) is 35.7 Å². The molecule has 88 valence electrons. The third kappa shape index (κ3) is 2.40. The first kappa shape index (κ1) is 11.5. The van der Waals surface area contributed by atoms with Gasteiger partial charge in [-0.15, -0.1) is 0 Å². The van der Waals surface area contributed by atoms with Gasteiger partial charge in [-0.2, -0.15) is 16.9 Å². The first-order chi connectivity index (χ1) is 7.68. The van der Waals surface area contributed by atoms with Crippen LogP contribution in [0.2, 0.25) is 0 Å². The molecular weight excluding hydrogens is 222 g/mol. The summed E-state index contributed by atoms with van der Waals surface area (Å²) in [5, 5.41) is 9.97. The molecule has 1 aromatic heterocycles. The van der Waals surface area contributed by atoms with Gasteiger partial charge in [0.05, 0.1) is 11.3 Å². The molecule has 4 nitrogen and oxygen atoms in total. The summed E-state index contributed by atoms with van der Waals surface area (Å²) in [5.74, 6) is 2.31. The fourth-order valence-electron chi connectivity index (χ4n) is 1.98. The van der Waals surface area contributed by atoms with Crippen molar-refractivity contribution in [2.24, 2.45) is 0 Å². The van der Waals surface area contributed by atoms with Crippen molar-refractivity contribution in [1.29, 1.82) is 0 Å². The monoisotopic (exact) mass is 239 g/mol. The van der Waals surface area contributed by atoms with Crippen molar-refractivity contribution in [1.82, 2.24) is 15.5 Å². The zero-order valence-electron chi connectivity index (χ0n) is 9.67. The Kier molecular flexibility index (Phi) is 3.53. The molecule has 1 aromatic rings. The van der Waals surface area contributed by atoms with Gasteiger partial charge in [0.15, 0.2) is 0 Å². The number of hydrogen-bond donors (Lipinski definition) is 2. The normalized spacial score (nSPS) is 17.4. The van der Waals surface area contributed by atoms with E-state index in [4.69, 9.17) is 0 Å². The second-order valence-electron chi connectivity index (χ2n) is 4.17. The third-order valence-electron chi connectivity index (χ3n) is 2.91. The summed E-state index contributed by atoms with van der Waals surface area (Å²) in [6.45, 7) is 3.74. The van der Waals surface area contributed by atoms with Crippen molar-refractivity contribution in [2.45, 2.75) is 32.7 Å². The number of hydrogen-bond acceptors (Lipinski definition) is 3.